The van der Waals surface area contributed by atoms with Crippen molar-refractivity contribution in [2.45, 2.75) is 24.8 Å². The maximum atomic E-state index is 13.0. The molecule has 0 fully saturated rings. The number of fused-ring (bicyclic) bond motifs is 1. The van der Waals surface area contributed by atoms with Crippen molar-refractivity contribution < 1.29 is 23.1 Å². The number of hydrogen-bond acceptors (Lipinski definition) is 4. The fourth-order valence-corrected chi connectivity index (χ4v) is 4.02. The maximum Gasteiger partial charge on any atom is 0.346 e. The minimum atomic E-state index is -3.89. The first kappa shape index (κ1) is 16.3. The van der Waals surface area contributed by atoms with Crippen molar-refractivity contribution in [3.05, 3.63) is 53.6 Å². The van der Waals surface area contributed by atoms with Crippen molar-refractivity contribution >= 4 is 21.7 Å². The summed E-state index contributed by atoms with van der Waals surface area (Å²) in [6, 6.07) is 11.5. The van der Waals surface area contributed by atoms with Gasteiger partial charge in [0.25, 0.3) is 10.0 Å². The van der Waals surface area contributed by atoms with Crippen LogP contribution in [0.5, 0.6) is 5.75 Å². The first-order valence-electron chi connectivity index (χ1n) is 7.38. The second-order valence-corrected chi connectivity index (χ2v) is 7.63. The number of sulfonamides is 1. The smallest absolute Gasteiger partial charge is 0.346 e. The Kier molecular flexibility index (Phi) is 3.96. The van der Waals surface area contributed by atoms with E-state index in [1.54, 1.807) is 30.3 Å². The van der Waals surface area contributed by atoms with Crippen LogP contribution in [0, 0.1) is 13.8 Å². The molecule has 1 aliphatic heterocycles. The Morgan fingerprint density at radius 1 is 1.12 bits per heavy atom. The molecule has 2 aromatic carbocycles. The van der Waals surface area contributed by atoms with Crippen LogP contribution in [-0.2, 0) is 14.8 Å². The van der Waals surface area contributed by atoms with Gasteiger partial charge in [-0.05, 0) is 43.7 Å². The Balaban J connectivity index is 2.13. The lowest BCUT2D eigenvalue weighted by atomic mass is 10.1. The fraction of sp³-hybridized carbons (Fsp3) is 0.235. The van der Waals surface area contributed by atoms with Gasteiger partial charge in [0.1, 0.15) is 5.75 Å². The van der Waals surface area contributed by atoms with Crippen molar-refractivity contribution in [2.75, 3.05) is 10.8 Å². The molecule has 0 aromatic heterocycles. The Bertz CT molecular complexity index is 890. The predicted octanol–water partition coefficient (Wildman–Crippen LogP) is 2.34. The maximum absolute atomic E-state index is 13.0. The van der Waals surface area contributed by atoms with Gasteiger partial charge >= 0.3 is 5.97 Å². The number of anilines is 1. The minimum Gasteiger partial charge on any atom is -0.478 e. The SMILES string of the molecule is Cc1ccc(S(=O)(=O)N2C[C@H](C(=O)O)Oc3ccc(C)cc32)cc1. The molecule has 0 saturated carbocycles. The molecule has 24 heavy (non-hydrogen) atoms. The van der Waals surface area contributed by atoms with E-state index in [9.17, 15) is 18.3 Å². The zero-order valence-electron chi connectivity index (χ0n) is 13.3. The van der Waals surface area contributed by atoms with Crippen LogP contribution >= 0.6 is 0 Å². The van der Waals surface area contributed by atoms with Gasteiger partial charge < -0.3 is 9.84 Å². The van der Waals surface area contributed by atoms with E-state index in [2.05, 4.69) is 0 Å². The van der Waals surface area contributed by atoms with Gasteiger partial charge in [0.05, 0.1) is 17.1 Å². The Morgan fingerprint density at radius 2 is 1.75 bits per heavy atom. The molecule has 1 N–H and O–H groups in total. The molecule has 0 amide bonds. The van der Waals surface area contributed by atoms with Gasteiger partial charge in [-0.15, -0.1) is 0 Å². The lowest BCUT2D eigenvalue weighted by molar-refractivity contribution is -0.144. The number of hydrogen-bond donors (Lipinski definition) is 1. The van der Waals surface area contributed by atoms with E-state index in [-0.39, 0.29) is 17.2 Å². The number of carboxylic acids is 1. The van der Waals surface area contributed by atoms with Crippen molar-refractivity contribution in [2.24, 2.45) is 0 Å². The molecular formula is C17H17NO5S. The van der Waals surface area contributed by atoms with Crippen LogP contribution < -0.4 is 9.04 Å². The van der Waals surface area contributed by atoms with Gasteiger partial charge in [-0.1, -0.05) is 23.8 Å². The van der Waals surface area contributed by atoms with Gasteiger partial charge in [-0.3, -0.25) is 4.31 Å². The summed E-state index contributed by atoms with van der Waals surface area (Å²) in [7, 11) is -3.89. The van der Waals surface area contributed by atoms with Crippen LogP contribution in [0.4, 0.5) is 5.69 Å². The van der Waals surface area contributed by atoms with E-state index in [1.165, 1.54) is 12.1 Å². The summed E-state index contributed by atoms with van der Waals surface area (Å²) in [6.07, 6.45) is -1.25. The molecule has 3 rings (SSSR count). The number of aliphatic carboxylic acids is 1. The third-order valence-electron chi connectivity index (χ3n) is 3.87. The van der Waals surface area contributed by atoms with Gasteiger partial charge in [0.15, 0.2) is 0 Å². The quantitative estimate of drug-likeness (QED) is 0.921. The van der Waals surface area contributed by atoms with Crippen molar-refractivity contribution in [3.8, 4) is 5.75 Å². The largest absolute Gasteiger partial charge is 0.478 e. The number of ether oxygens (including phenoxy) is 1. The number of benzene rings is 2. The lowest BCUT2D eigenvalue weighted by Gasteiger charge is -2.34. The Labute approximate surface area is 140 Å². The van der Waals surface area contributed by atoms with E-state index < -0.39 is 22.1 Å². The zero-order chi connectivity index (χ0) is 17.5. The van der Waals surface area contributed by atoms with Crippen LogP contribution in [0.1, 0.15) is 11.1 Å². The van der Waals surface area contributed by atoms with Gasteiger partial charge in [0, 0.05) is 0 Å². The zero-order valence-corrected chi connectivity index (χ0v) is 14.1. The summed E-state index contributed by atoms with van der Waals surface area (Å²) >= 11 is 0. The molecule has 0 radical (unpaired) electrons. The molecule has 7 heteroatoms. The van der Waals surface area contributed by atoms with Crippen molar-refractivity contribution in [3.63, 3.8) is 0 Å². The number of nitrogens with zero attached hydrogens (tertiary/aromatic N) is 1. The molecule has 0 aliphatic carbocycles. The van der Waals surface area contributed by atoms with Crippen LogP contribution in [-0.4, -0.2) is 32.1 Å². The lowest BCUT2D eigenvalue weighted by Crippen LogP contribution is -2.47. The summed E-state index contributed by atoms with van der Waals surface area (Å²) in [4.78, 5) is 11.5. The topological polar surface area (TPSA) is 83.9 Å². The normalized spacial score (nSPS) is 17.1. The monoisotopic (exact) mass is 347 g/mol. The highest BCUT2D eigenvalue weighted by molar-refractivity contribution is 7.92. The van der Waals surface area contributed by atoms with Gasteiger partial charge in [0.2, 0.25) is 6.10 Å². The standard InChI is InChI=1S/C17H17NO5S/c1-11-3-6-13(7-4-11)24(21,22)18-10-16(17(19)20)23-15-8-5-12(2)9-14(15)18/h3-9,16H,10H2,1-2H3,(H,19,20)/t16-/m1/s1. The van der Waals surface area contributed by atoms with Gasteiger partial charge in [-0.2, -0.15) is 0 Å². The Hall–Kier alpha value is -2.54. The average Bonchev–Trinajstić information content (AvgIpc) is 2.54. The molecule has 1 aliphatic rings. The fourth-order valence-electron chi connectivity index (χ4n) is 2.56. The minimum absolute atomic E-state index is 0.117. The number of aryl methyl sites for hydroxylation is 2. The van der Waals surface area contributed by atoms with E-state index in [0.717, 1.165) is 15.4 Å². The number of carboxylic acid groups (broad SMARTS) is 1. The first-order chi connectivity index (χ1) is 11.3. The molecule has 1 heterocycles. The van der Waals surface area contributed by atoms with Crippen molar-refractivity contribution in [1.29, 1.82) is 0 Å². The third-order valence-corrected chi connectivity index (χ3v) is 5.66. The molecule has 126 valence electrons. The van der Waals surface area contributed by atoms with E-state index in [4.69, 9.17) is 4.74 Å². The summed E-state index contributed by atoms with van der Waals surface area (Å²) < 4.78 is 32.6. The molecule has 0 bridgehead atoms. The summed E-state index contributed by atoms with van der Waals surface area (Å²) in [6.45, 7) is 3.42. The highest BCUT2D eigenvalue weighted by atomic mass is 32.2. The van der Waals surface area contributed by atoms with Crippen LogP contribution in [0.25, 0.3) is 0 Å². The summed E-state index contributed by atoms with van der Waals surface area (Å²) in [5.41, 5.74) is 2.15. The Morgan fingerprint density at radius 3 is 2.38 bits per heavy atom. The van der Waals surface area contributed by atoms with E-state index >= 15 is 0 Å². The van der Waals surface area contributed by atoms with Crippen LogP contribution in [0.3, 0.4) is 0 Å². The first-order valence-corrected chi connectivity index (χ1v) is 8.82. The molecule has 0 saturated heterocycles. The van der Waals surface area contributed by atoms with Crippen LogP contribution in [0.15, 0.2) is 47.4 Å². The predicted molar refractivity (Wildman–Crippen MR) is 88.9 cm³/mol. The van der Waals surface area contributed by atoms with Gasteiger partial charge in [-0.25, -0.2) is 13.2 Å². The second kappa shape index (κ2) is 5.83. The molecule has 0 unspecified atom stereocenters. The van der Waals surface area contributed by atoms with E-state index in [1.807, 2.05) is 13.8 Å². The van der Waals surface area contributed by atoms with E-state index in [0.29, 0.717) is 5.69 Å². The number of rotatable bonds is 3. The summed E-state index contributed by atoms with van der Waals surface area (Å²) in [5, 5.41) is 9.26. The second-order valence-electron chi connectivity index (χ2n) is 5.77. The molecule has 0 spiro atoms. The molecular weight excluding hydrogens is 330 g/mol. The number of carbonyl (C=O) groups is 1. The highest BCUT2D eigenvalue weighted by Crippen LogP contribution is 2.37. The third kappa shape index (κ3) is 2.82. The average molecular weight is 347 g/mol. The molecule has 6 nitrogen and oxygen atoms in total. The summed E-state index contributed by atoms with van der Waals surface area (Å²) in [5.74, 6) is -0.958. The highest BCUT2D eigenvalue weighted by Gasteiger charge is 2.37. The molecule has 1 atom stereocenters. The van der Waals surface area contributed by atoms with Crippen LogP contribution in [0.2, 0.25) is 0 Å². The van der Waals surface area contributed by atoms with Crippen molar-refractivity contribution in [1.82, 2.24) is 0 Å². The molecule has 2 aromatic rings.